The first kappa shape index (κ1) is 16.7. The van der Waals surface area contributed by atoms with E-state index >= 15 is 0 Å². The summed E-state index contributed by atoms with van der Waals surface area (Å²) >= 11 is 0. The van der Waals surface area contributed by atoms with E-state index in [1.165, 1.54) is 0 Å². The maximum Gasteiger partial charge on any atom is 0.332 e. The minimum absolute atomic E-state index is 0.106. The highest BCUT2D eigenvalue weighted by atomic mass is 32.2. The van der Waals surface area contributed by atoms with Gasteiger partial charge in [-0.05, 0) is 0 Å². The molecule has 1 saturated heterocycles. The Morgan fingerprint density at radius 3 is 2.60 bits per heavy atom. The number of amides is 2. The average Bonchev–Trinajstić information content (AvgIpc) is 2.78. The number of ether oxygens (including phenoxy) is 1. The molecule has 0 spiro atoms. The van der Waals surface area contributed by atoms with E-state index in [0.717, 1.165) is 0 Å². The molecule has 4 N–H and O–H groups in total. The second-order valence-corrected chi connectivity index (χ2v) is 6.31. The van der Waals surface area contributed by atoms with Gasteiger partial charge in [-0.1, -0.05) is 6.92 Å². The van der Waals surface area contributed by atoms with Crippen LogP contribution >= 0.6 is 0 Å². The van der Waals surface area contributed by atoms with Crippen molar-refractivity contribution in [3.63, 3.8) is 0 Å². The van der Waals surface area contributed by atoms with Crippen molar-refractivity contribution >= 4 is 22.0 Å². The van der Waals surface area contributed by atoms with E-state index in [-0.39, 0.29) is 38.5 Å². The van der Waals surface area contributed by atoms with Crippen molar-refractivity contribution in [2.75, 3.05) is 32.1 Å². The van der Waals surface area contributed by atoms with Gasteiger partial charge in [-0.15, -0.1) is 0 Å². The maximum absolute atomic E-state index is 11.6. The molecule has 1 aliphatic rings. The lowest BCUT2D eigenvalue weighted by Crippen LogP contribution is -2.58. The first-order chi connectivity index (χ1) is 9.31. The van der Waals surface area contributed by atoms with Crippen LogP contribution in [-0.2, 0) is 19.6 Å². The van der Waals surface area contributed by atoms with E-state index in [9.17, 15) is 18.0 Å². The molecule has 0 radical (unpaired) electrons. The fourth-order valence-corrected chi connectivity index (χ4v) is 2.69. The standard InChI is InChI=1S/C10H19N3O6S/c1-2-12-20(17,18)6-4-11-9(16)13-10(8(14)15)3-5-19-7-10/h12H,2-7H2,1H3,(H,14,15)(H2,11,13,16). The molecule has 1 fully saturated rings. The SMILES string of the molecule is CCNS(=O)(=O)CCNC(=O)NC1(C(=O)O)CCOC1. The number of rotatable bonds is 7. The molecule has 1 aliphatic heterocycles. The third kappa shape index (κ3) is 4.62. The van der Waals surface area contributed by atoms with Crippen LogP contribution in [0.1, 0.15) is 13.3 Å². The number of carboxylic acids is 1. The summed E-state index contributed by atoms with van der Waals surface area (Å²) in [6, 6.07) is -0.732. The van der Waals surface area contributed by atoms with Gasteiger partial charge in [-0.3, -0.25) is 0 Å². The van der Waals surface area contributed by atoms with Crippen LogP contribution in [-0.4, -0.2) is 63.1 Å². The van der Waals surface area contributed by atoms with Crippen molar-refractivity contribution in [2.45, 2.75) is 18.9 Å². The minimum Gasteiger partial charge on any atom is -0.479 e. The van der Waals surface area contributed by atoms with Gasteiger partial charge in [0.25, 0.3) is 0 Å². The first-order valence-corrected chi connectivity index (χ1v) is 7.81. The number of carbonyl (C=O) groups excluding carboxylic acids is 1. The van der Waals surface area contributed by atoms with Crippen molar-refractivity contribution in [3.8, 4) is 0 Å². The molecule has 0 aromatic rings. The second-order valence-electron chi connectivity index (χ2n) is 4.39. The highest BCUT2D eigenvalue weighted by Crippen LogP contribution is 2.18. The molecular formula is C10H19N3O6S. The number of carboxylic acid groups (broad SMARTS) is 1. The van der Waals surface area contributed by atoms with Crippen molar-refractivity contribution in [1.29, 1.82) is 0 Å². The van der Waals surface area contributed by atoms with E-state index in [1.807, 2.05) is 0 Å². The summed E-state index contributed by atoms with van der Waals surface area (Å²) in [5.41, 5.74) is -1.44. The fraction of sp³-hybridized carbons (Fsp3) is 0.800. The molecule has 1 heterocycles. The first-order valence-electron chi connectivity index (χ1n) is 6.16. The zero-order chi connectivity index (χ0) is 15.2. The Hall–Kier alpha value is -1.39. The highest BCUT2D eigenvalue weighted by molar-refractivity contribution is 7.89. The van der Waals surface area contributed by atoms with Gasteiger partial charge in [0.1, 0.15) is 0 Å². The van der Waals surface area contributed by atoms with Gasteiger partial charge in [0.15, 0.2) is 5.54 Å². The monoisotopic (exact) mass is 309 g/mol. The van der Waals surface area contributed by atoms with Crippen LogP contribution in [0.25, 0.3) is 0 Å². The Balaban J connectivity index is 2.42. The van der Waals surface area contributed by atoms with Crippen molar-refractivity contribution < 1.29 is 27.9 Å². The molecule has 9 nitrogen and oxygen atoms in total. The number of carbonyl (C=O) groups is 2. The van der Waals surface area contributed by atoms with Crippen LogP contribution in [0.15, 0.2) is 0 Å². The summed E-state index contributed by atoms with van der Waals surface area (Å²) in [5, 5.41) is 13.7. The number of hydrogen-bond acceptors (Lipinski definition) is 5. The summed E-state index contributed by atoms with van der Waals surface area (Å²) in [6.07, 6.45) is 0.172. The Morgan fingerprint density at radius 1 is 1.40 bits per heavy atom. The molecular weight excluding hydrogens is 290 g/mol. The number of hydrogen-bond donors (Lipinski definition) is 4. The zero-order valence-corrected chi connectivity index (χ0v) is 12.0. The highest BCUT2D eigenvalue weighted by Gasteiger charge is 2.43. The number of aliphatic carboxylic acids is 1. The minimum atomic E-state index is -3.42. The van der Waals surface area contributed by atoms with Gasteiger partial charge in [-0.25, -0.2) is 22.7 Å². The van der Waals surface area contributed by atoms with Crippen LogP contribution in [0.4, 0.5) is 4.79 Å². The second kappa shape index (κ2) is 6.86. The third-order valence-electron chi connectivity index (χ3n) is 2.80. The van der Waals surface area contributed by atoms with Gasteiger partial charge < -0.3 is 20.5 Å². The fourth-order valence-electron chi connectivity index (χ4n) is 1.74. The van der Waals surface area contributed by atoms with Crippen molar-refractivity contribution in [1.82, 2.24) is 15.4 Å². The summed E-state index contributed by atoms with van der Waals surface area (Å²) in [4.78, 5) is 22.7. The van der Waals surface area contributed by atoms with Gasteiger partial charge >= 0.3 is 12.0 Å². The molecule has 2 amide bonds. The van der Waals surface area contributed by atoms with E-state index in [2.05, 4.69) is 15.4 Å². The molecule has 10 heteroatoms. The summed E-state index contributed by atoms with van der Waals surface area (Å²) in [7, 11) is -3.42. The lowest BCUT2D eigenvalue weighted by atomic mass is 9.99. The number of nitrogens with one attached hydrogen (secondary N) is 3. The van der Waals surface area contributed by atoms with Gasteiger partial charge in [0.2, 0.25) is 10.0 Å². The molecule has 1 rings (SSSR count). The van der Waals surface area contributed by atoms with E-state index in [1.54, 1.807) is 6.92 Å². The van der Waals surface area contributed by atoms with Crippen LogP contribution in [0, 0.1) is 0 Å². The summed E-state index contributed by atoms with van der Waals surface area (Å²) in [5.74, 6) is -1.45. The lowest BCUT2D eigenvalue weighted by molar-refractivity contribution is -0.144. The van der Waals surface area contributed by atoms with Crippen LogP contribution in [0.3, 0.4) is 0 Å². The third-order valence-corrected chi connectivity index (χ3v) is 4.27. The van der Waals surface area contributed by atoms with Crippen LogP contribution in [0.5, 0.6) is 0 Å². The molecule has 0 bridgehead atoms. The molecule has 0 aliphatic carbocycles. The van der Waals surface area contributed by atoms with Gasteiger partial charge in [-0.2, -0.15) is 0 Å². The predicted octanol–water partition coefficient (Wildman–Crippen LogP) is -1.53. The predicted molar refractivity (Wildman–Crippen MR) is 69.8 cm³/mol. The number of urea groups is 1. The molecule has 20 heavy (non-hydrogen) atoms. The van der Waals surface area contributed by atoms with Crippen molar-refractivity contribution in [3.05, 3.63) is 0 Å². The summed E-state index contributed by atoms with van der Waals surface area (Å²) < 4.78 is 29.9. The summed E-state index contributed by atoms with van der Waals surface area (Å²) in [6.45, 7) is 1.95. The van der Waals surface area contributed by atoms with E-state index in [0.29, 0.717) is 0 Å². The topological polar surface area (TPSA) is 134 Å². The van der Waals surface area contributed by atoms with Gasteiger partial charge in [0.05, 0.1) is 12.4 Å². The Kier molecular flexibility index (Phi) is 5.72. The Bertz CT molecular complexity index is 458. The molecule has 116 valence electrons. The molecule has 0 aromatic heterocycles. The average molecular weight is 309 g/mol. The van der Waals surface area contributed by atoms with Gasteiger partial charge in [0, 0.05) is 26.1 Å². The van der Waals surface area contributed by atoms with Crippen LogP contribution in [0.2, 0.25) is 0 Å². The van der Waals surface area contributed by atoms with Crippen molar-refractivity contribution in [2.24, 2.45) is 0 Å². The molecule has 0 saturated carbocycles. The zero-order valence-electron chi connectivity index (χ0n) is 11.1. The Labute approximate surface area is 117 Å². The molecule has 0 aromatic carbocycles. The smallest absolute Gasteiger partial charge is 0.332 e. The van der Waals surface area contributed by atoms with E-state index in [4.69, 9.17) is 9.84 Å². The maximum atomic E-state index is 11.6. The quantitative estimate of drug-likeness (QED) is 0.451. The van der Waals surface area contributed by atoms with Crippen LogP contribution < -0.4 is 15.4 Å². The number of sulfonamides is 1. The normalized spacial score (nSPS) is 22.4. The lowest BCUT2D eigenvalue weighted by Gasteiger charge is -2.23. The molecule has 1 atom stereocenters. The molecule has 1 unspecified atom stereocenters. The Morgan fingerprint density at radius 2 is 2.10 bits per heavy atom. The van der Waals surface area contributed by atoms with E-state index < -0.39 is 27.6 Å². The largest absolute Gasteiger partial charge is 0.479 e.